The van der Waals surface area contributed by atoms with Crippen LogP contribution in [0.2, 0.25) is 0 Å². The maximum atomic E-state index is 12.1. The number of anilines is 1. The highest BCUT2D eigenvalue weighted by Gasteiger charge is 2.15. The van der Waals surface area contributed by atoms with Crippen LogP contribution < -0.4 is 10.1 Å². The number of amides is 1. The van der Waals surface area contributed by atoms with Gasteiger partial charge in [0, 0.05) is 11.3 Å². The zero-order chi connectivity index (χ0) is 15.1. The number of nitrogens with one attached hydrogen (secondary N) is 1. The maximum absolute atomic E-state index is 12.1. The van der Waals surface area contributed by atoms with Crippen LogP contribution in [0.25, 0.3) is 6.08 Å². The van der Waals surface area contributed by atoms with Crippen LogP contribution in [0, 0.1) is 0 Å². The minimum Gasteiger partial charge on any atom is -0.480 e. The number of carbonyl (C=O) groups excluding carboxylic acids is 1. The number of hydrogen-bond donors (Lipinski definition) is 1. The molecule has 0 aliphatic rings. The third-order valence-corrected chi connectivity index (χ3v) is 2.98. The SMILES string of the molecule is CC=Cc1ccccc1OC(C)C(=O)Nc1ccccc1. The molecule has 0 saturated carbocycles. The molecule has 0 radical (unpaired) electrons. The molecule has 1 unspecified atom stereocenters. The lowest BCUT2D eigenvalue weighted by molar-refractivity contribution is -0.122. The summed E-state index contributed by atoms with van der Waals surface area (Å²) >= 11 is 0. The molecule has 1 amide bonds. The summed E-state index contributed by atoms with van der Waals surface area (Å²) in [6.07, 6.45) is 3.32. The zero-order valence-corrected chi connectivity index (χ0v) is 12.2. The van der Waals surface area contributed by atoms with Gasteiger partial charge in [0.25, 0.3) is 5.91 Å². The van der Waals surface area contributed by atoms with Crippen molar-refractivity contribution in [2.24, 2.45) is 0 Å². The third kappa shape index (κ3) is 4.21. The Morgan fingerprint density at radius 3 is 2.48 bits per heavy atom. The number of carbonyl (C=O) groups is 1. The van der Waals surface area contributed by atoms with Gasteiger partial charge in [0.2, 0.25) is 0 Å². The van der Waals surface area contributed by atoms with Gasteiger partial charge in [-0.15, -0.1) is 0 Å². The van der Waals surface area contributed by atoms with Crippen LogP contribution in [0.4, 0.5) is 5.69 Å². The minimum absolute atomic E-state index is 0.170. The van der Waals surface area contributed by atoms with Gasteiger partial charge in [-0.3, -0.25) is 4.79 Å². The van der Waals surface area contributed by atoms with Crippen molar-refractivity contribution < 1.29 is 9.53 Å². The fraction of sp³-hybridized carbons (Fsp3) is 0.167. The quantitative estimate of drug-likeness (QED) is 0.895. The molecule has 0 aliphatic heterocycles. The average molecular weight is 281 g/mol. The molecule has 1 N–H and O–H groups in total. The van der Waals surface area contributed by atoms with Gasteiger partial charge in [0.15, 0.2) is 6.10 Å². The van der Waals surface area contributed by atoms with Crippen molar-refractivity contribution in [3.05, 3.63) is 66.2 Å². The first kappa shape index (κ1) is 14.9. The number of ether oxygens (including phenoxy) is 1. The summed E-state index contributed by atoms with van der Waals surface area (Å²) in [5.74, 6) is 0.530. The first-order valence-corrected chi connectivity index (χ1v) is 6.95. The van der Waals surface area contributed by atoms with E-state index in [0.29, 0.717) is 5.75 Å². The van der Waals surface area contributed by atoms with E-state index < -0.39 is 6.10 Å². The molecule has 3 nitrogen and oxygen atoms in total. The van der Waals surface area contributed by atoms with E-state index in [4.69, 9.17) is 4.74 Å². The lowest BCUT2D eigenvalue weighted by Gasteiger charge is -2.16. The summed E-state index contributed by atoms with van der Waals surface area (Å²) in [5, 5.41) is 2.83. The molecule has 0 heterocycles. The molecule has 0 aliphatic carbocycles. The zero-order valence-electron chi connectivity index (χ0n) is 12.2. The topological polar surface area (TPSA) is 38.3 Å². The summed E-state index contributed by atoms with van der Waals surface area (Å²) in [6.45, 7) is 3.69. The van der Waals surface area contributed by atoms with Crippen molar-refractivity contribution in [2.75, 3.05) is 5.32 Å². The fourth-order valence-corrected chi connectivity index (χ4v) is 1.91. The molecule has 0 bridgehead atoms. The average Bonchev–Trinajstić information content (AvgIpc) is 2.50. The summed E-state index contributed by atoms with van der Waals surface area (Å²) in [4.78, 5) is 12.1. The van der Waals surface area contributed by atoms with Gasteiger partial charge in [-0.05, 0) is 32.0 Å². The Bertz CT molecular complexity index is 620. The smallest absolute Gasteiger partial charge is 0.265 e. The van der Waals surface area contributed by atoms with E-state index in [-0.39, 0.29) is 5.91 Å². The minimum atomic E-state index is -0.573. The molecule has 0 saturated heterocycles. The Hall–Kier alpha value is -2.55. The molecule has 108 valence electrons. The van der Waals surface area contributed by atoms with Crippen LogP contribution in [0.5, 0.6) is 5.75 Å². The monoisotopic (exact) mass is 281 g/mol. The standard InChI is InChI=1S/C18H19NO2/c1-3-9-15-10-7-8-13-17(15)21-14(2)18(20)19-16-11-5-4-6-12-16/h3-14H,1-2H3,(H,19,20). The first-order chi connectivity index (χ1) is 10.2. The van der Waals surface area contributed by atoms with E-state index in [2.05, 4.69) is 5.32 Å². The number of para-hydroxylation sites is 2. The second kappa shape index (κ2) is 7.29. The normalized spacial score (nSPS) is 12.1. The van der Waals surface area contributed by atoms with Crippen LogP contribution >= 0.6 is 0 Å². The predicted octanol–water partition coefficient (Wildman–Crippen LogP) is 4.13. The summed E-state index contributed by atoms with van der Waals surface area (Å²) in [7, 11) is 0. The fourth-order valence-electron chi connectivity index (χ4n) is 1.91. The van der Waals surface area contributed by atoms with Gasteiger partial charge in [-0.25, -0.2) is 0 Å². The summed E-state index contributed by atoms with van der Waals surface area (Å²) in [5.41, 5.74) is 1.72. The van der Waals surface area contributed by atoms with Crippen LogP contribution in [0.15, 0.2) is 60.7 Å². The molecular weight excluding hydrogens is 262 g/mol. The second-order valence-electron chi connectivity index (χ2n) is 4.65. The van der Waals surface area contributed by atoms with Gasteiger partial charge in [-0.1, -0.05) is 48.6 Å². The molecule has 0 aromatic heterocycles. The molecule has 3 heteroatoms. The van der Waals surface area contributed by atoms with E-state index in [1.165, 1.54) is 0 Å². The predicted molar refractivity (Wildman–Crippen MR) is 86.3 cm³/mol. The maximum Gasteiger partial charge on any atom is 0.265 e. The van der Waals surface area contributed by atoms with Gasteiger partial charge in [0.05, 0.1) is 0 Å². The van der Waals surface area contributed by atoms with Gasteiger partial charge < -0.3 is 10.1 Å². The van der Waals surface area contributed by atoms with Crippen LogP contribution in [0.3, 0.4) is 0 Å². The van der Waals surface area contributed by atoms with Gasteiger partial charge >= 0.3 is 0 Å². The highest BCUT2D eigenvalue weighted by molar-refractivity contribution is 5.94. The molecule has 21 heavy (non-hydrogen) atoms. The summed E-state index contributed by atoms with van der Waals surface area (Å²) in [6, 6.07) is 17.0. The number of benzene rings is 2. The second-order valence-corrected chi connectivity index (χ2v) is 4.65. The Kier molecular flexibility index (Phi) is 5.16. The highest BCUT2D eigenvalue weighted by Crippen LogP contribution is 2.21. The lowest BCUT2D eigenvalue weighted by atomic mass is 10.2. The van der Waals surface area contributed by atoms with Crippen molar-refractivity contribution in [1.82, 2.24) is 0 Å². The largest absolute Gasteiger partial charge is 0.480 e. The number of rotatable bonds is 5. The summed E-state index contributed by atoms with van der Waals surface area (Å²) < 4.78 is 5.77. The Morgan fingerprint density at radius 1 is 1.10 bits per heavy atom. The number of allylic oxidation sites excluding steroid dienone is 1. The van der Waals surface area contributed by atoms with Crippen molar-refractivity contribution in [1.29, 1.82) is 0 Å². The first-order valence-electron chi connectivity index (χ1n) is 6.95. The molecule has 2 aromatic rings. The molecule has 0 spiro atoms. The molecule has 1 atom stereocenters. The van der Waals surface area contributed by atoms with E-state index in [0.717, 1.165) is 11.3 Å². The van der Waals surface area contributed by atoms with Crippen LogP contribution in [-0.4, -0.2) is 12.0 Å². The lowest BCUT2D eigenvalue weighted by Crippen LogP contribution is -2.30. The van der Waals surface area contributed by atoms with E-state index in [1.807, 2.05) is 73.7 Å². The van der Waals surface area contributed by atoms with Gasteiger partial charge in [0.1, 0.15) is 5.75 Å². The Balaban J connectivity index is 2.04. The highest BCUT2D eigenvalue weighted by atomic mass is 16.5. The molecule has 2 aromatic carbocycles. The van der Waals surface area contributed by atoms with Crippen LogP contribution in [-0.2, 0) is 4.79 Å². The third-order valence-electron chi connectivity index (χ3n) is 2.98. The van der Waals surface area contributed by atoms with Crippen molar-refractivity contribution >= 4 is 17.7 Å². The van der Waals surface area contributed by atoms with E-state index in [1.54, 1.807) is 6.92 Å². The van der Waals surface area contributed by atoms with E-state index in [9.17, 15) is 4.79 Å². The van der Waals surface area contributed by atoms with Crippen molar-refractivity contribution in [3.63, 3.8) is 0 Å². The van der Waals surface area contributed by atoms with Gasteiger partial charge in [-0.2, -0.15) is 0 Å². The molecule has 0 fully saturated rings. The van der Waals surface area contributed by atoms with Crippen molar-refractivity contribution in [3.8, 4) is 5.75 Å². The molecular formula is C18H19NO2. The van der Waals surface area contributed by atoms with E-state index >= 15 is 0 Å². The Morgan fingerprint density at radius 2 is 1.76 bits per heavy atom. The van der Waals surface area contributed by atoms with Crippen LogP contribution in [0.1, 0.15) is 19.4 Å². The number of hydrogen-bond acceptors (Lipinski definition) is 2. The molecule has 2 rings (SSSR count). The Labute approximate surface area is 125 Å². The van der Waals surface area contributed by atoms with Crippen molar-refractivity contribution in [2.45, 2.75) is 20.0 Å².